The molecular formula is C12H13NO4. The number of hydrogen-bond donors (Lipinski definition) is 1. The number of aromatic carboxylic acids is 1. The van der Waals surface area contributed by atoms with Crippen molar-refractivity contribution in [1.82, 2.24) is 4.90 Å². The Morgan fingerprint density at radius 1 is 1.35 bits per heavy atom. The molecule has 5 nitrogen and oxygen atoms in total. The summed E-state index contributed by atoms with van der Waals surface area (Å²) < 4.78 is 4.81. The average Bonchev–Trinajstić information content (AvgIpc) is 2.73. The van der Waals surface area contributed by atoms with Crippen molar-refractivity contribution in [1.29, 1.82) is 0 Å². The fourth-order valence-electron chi connectivity index (χ4n) is 1.71. The van der Waals surface area contributed by atoms with Gasteiger partial charge in [-0.3, -0.25) is 0 Å². The largest absolute Gasteiger partial charge is 0.478 e. The molecule has 1 N–H and O–H groups in total. The van der Waals surface area contributed by atoms with Gasteiger partial charge < -0.3 is 14.7 Å². The number of cyclic esters (lactones) is 1. The summed E-state index contributed by atoms with van der Waals surface area (Å²) in [5.41, 5.74) is 1.28. The summed E-state index contributed by atoms with van der Waals surface area (Å²) in [6.45, 7) is 1.69. The number of carbonyl (C=O) groups excluding carboxylic acids is 1. The van der Waals surface area contributed by atoms with Crippen LogP contribution in [0.5, 0.6) is 0 Å². The van der Waals surface area contributed by atoms with Gasteiger partial charge in [-0.1, -0.05) is 12.1 Å². The maximum atomic E-state index is 11.2. The number of carbonyl (C=O) groups is 2. The normalized spacial score (nSPS) is 14.8. The Kier molecular flexibility index (Phi) is 3.27. The molecule has 0 aromatic heterocycles. The monoisotopic (exact) mass is 235 g/mol. The molecule has 1 aromatic carbocycles. The van der Waals surface area contributed by atoms with Crippen LogP contribution in [-0.4, -0.2) is 41.8 Å². The molecule has 1 aromatic rings. The molecule has 0 bridgehead atoms. The quantitative estimate of drug-likeness (QED) is 0.856. The lowest BCUT2D eigenvalue weighted by atomic mass is 10.1. The number of nitrogens with zero attached hydrogens (tertiary/aromatic N) is 1. The molecule has 17 heavy (non-hydrogen) atoms. The summed E-state index contributed by atoms with van der Waals surface area (Å²) in [7, 11) is 0. The lowest BCUT2D eigenvalue weighted by Gasteiger charge is -2.12. The molecule has 0 atom stereocenters. The van der Waals surface area contributed by atoms with Gasteiger partial charge in [0, 0.05) is 6.54 Å². The van der Waals surface area contributed by atoms with Gasteiger partial charge >= 0.3 is 12.1 Å². The zero-order valence-corrected chi connectivity index (χ0v) is 9.26. The van der Waals surface area contributed by atoms with Crippen LogP contribution in [0.25, 0.3) is 0 Å². The molecule has 0 aliphatic carbocycles. The van der Waals surface area contributed by atoms with Crippen LogP contribution in [0.3, 0.4) is 0 Å². The van der Waals surface area contributed by atoms with Crippen molar-refractivity contribution >= 4 is 12.1 Å². The molecule has 1 amide bonds. The Hall–Kier alpha value is -2.04. The zero-order chi connectivity index (χ0) is 12.3. The Labute approximate surface area is 98.6 Å². The smallest absolute Gasteiger partial charge is 0.409 e. The van der Waals surface area contributed by atoms with Crippen molar-refractivity contribution in [2.45, 2.75) is 6.42 Å². The Balaban J connectivity index is 1.91. The first-order chi connectivity index (χ1) is 8.16. The molecule has 90 valence electrons. The molecule has 1 aliphatic heterocycles. The van der Waals surface area contributed by atoms with Gasteiger partial charge in [0.2, 0.25) is 0 Å². The van der Waals surface area contributed by atoms with E-state index in [1.165, 1.54) is 0 Å². The van der Waals surface area contributed by atoms with Gasteiger partial charge in [0.15, 0.2) is 0 Å². The van der Waals surface area contributed by atoms with E-state index in [2.05, 4.69) is 0 Å². The number of rotatable bonds is 4. The second-order valence-electron chi connectivity index (χ2n) is 3.85. The predicted molar refractivity (Wildman–Crippen MR) is 60.0 cm³/mol. The van der Waals surface area contributed by atoms with Gasteiger partial charge in [-0.25, -0.2) is 9.59 Å². The second-order valence-corrected chi connectivity index (χ2v) is 3.85. The lowest BCUT2D eigenvalue weighted by molar-refractivity contribution is 0.0697. The van der Waals surface area contributed by atoms with Crippen molar-refractivity contribution in [3.63, 3.8) is 0 Å². The molecular weight excluding hydrogens is 222 g/mol. The fourth-order valence-corrected chi connectivity index (χ4v) is 1.71. The van der Waals surface area contributed by atoms with Crippen molar-refractivity contribution in [2.24, 2.45) is 0 Å². The number of amides is 1. The minimum Gasteiger partial charge on any atom is -0.478 e. The third-order valence-electron chi connectivity index (χ3n) is 2.72. The SMILES string of the molecule is O=C(O)c1ccc(CCN2CCOC2=O)cc1. The molecule has 2 rings (SSSR count). The van der Waals surface area contributed by atoms with E-state index < -0.39 is 5.97 Å². The second kappa shape index (κ2) is 4.86. The van der Waals surface area contributed by atoms with Crippen molar-refractivity contribution < 1.29 is 19.4 Å². The van der Waals surface area contributed by atoms with Crippen LogP contribution in [-0.2, 0) is 11.2 Å². The number of hydrogen-bond acceptors (Lipinski definition) is 3. The van der Waals surface area contributed by atoms with Crippen LogP contribution >= 0.6 is 0 Å². The van der Waals surface area contributed by atoms with E-state index >= 15 is 0 Å². The third kappa shape index (κ3) is 2.75. The summed E-state index contributed by atoms with van der Waals surface area (Å²) in [6, 6.07) is 6.68. The summed E-state index contributed by atoms with van der Waals surface area (Å²) in [6.07, 6.45) is 0.432. The third-order valence-corrected chi connectivity index (χ3v) is 2.72. The minimum atomic E-state index is -0.931. The molecule has 0 unspecified atom stereocenters. The highest BCUT2D eigenvalue weighted by Gasteiger charge is 2.20. The van der Waals surface area contributed by atoms with Gasteiger partial charge in [-0.15, -0.1) is 0 Å². The molecule has 1 saturated heterocycles. The predicted octanol–water partition coefficient (Wildman–Crippen LogP) is 1.38. The van der Waals surface area contributed by atoms with Crippen LogP contribution in [0.1, 0.15) is 15.9 Å². The van der Waals surface area contributed by atoms with Gasteiger partial charge in [0.05, 0.1) is 12.1 Å². The van der Waals surface area contributed by atoms with Gasteiger partial charge in [0.1, 0.15) is 6.61 Å². The van der Waals surface area contributed by atoms with E-state index in [4.69, 9.17) is 9.84 Å². The summed E-state index contributed by atoms with van der Waals surface area (Å²) in [5.74, 6) is -0.931. The van der Waals surface area contributed by atoms with E-state index in [1.807, 2.05) is 0 Å². The first-order valence-corrected chi connectivity index (χ1v) is 5.41. The maximum Gasteiger partial charge on any atom is 0.409 e. The number of ether oxygens (including phenoxy) is 1. The first kappa shape index (κ1) is 11.4. The summed E-state index contributed by atoms with van der Waals surface area (Å²) in [4.78, 5) is 23.5. The Morgan fingerprint density at radius 2 is 2.06 bits per heavy atom. The average molecular weight is 235 g/mol. The number of carboxylic acid groups (broad SMARTS) is 1. The Morgan fingerprint density at radius 3 is 2.59 bits per heavy atom. The zero-order valence-electron chi connectivity index (χ0n) is 9.26. The highest BCUT2D eigenvalue weighted by atomic mass is 16.6. The Bertz CT molecular complexity index is 427. The highest BCUT2D eigenvalue weighted by Crippen LogP contribution is 2.08. The van der Waals surface area contributed by atoms with Gasteiger partial charge in [-0.2, -0.15) is 0 Å². The van der Waals surface area contributed by atoms with Crippen LogP contribution in [0.15, 0.2) is 24.3 Å². The van der Waals surface area contributed by atoms with Crippen LogP contribution in [0.4, 0.5) is 4.79 Å². The van der Waals surface area contributed by atoms with E-state index in [-0.39, 0.29) is 11.7 Å². The van der Waals surface area contributed by atoms with E-state index in [1.54, 1.807) is 29.2 Å². The minimum absolute atomic E-state index is 0.271. The van der Waals surface area contributed by atoms with Crippen LogP contribution in [0.2, 0.25) is 0 Å². The van der Waals surface area contributed by atoms with Crippen molar-refractivity contribution in [3.05, 3.63) is 35.4 Å². The van der Waals surface area contributed by atoms with Crippen LogP contribution < -0.4 is 0 Å². The standard InChI is InChI=1S/C12H13NO4/c14-11(15)10-3-1-9(2-4-10)5-6-13-7-8-17-12(13)16/h1-4H,5-8H2,(H,14,15). The molecule has 5 heteroatoms. The van der Waals surface area contributed by atoms with Crippen molar-refractivity contribution in [3.8, 4) is 0 Å². The lowest BCUT2D eigenvalue weighted by Crippen LogP contribution is -2.26. The highest BCUT2D eigenvalue weighted by molar-refractivity contribution is 5.87. The van der Waals surface area contributed by atoms with E-state index in [0.717, 1.165) is 5.56 Å². The van der Waals surface area contributed by atoms with Gasteiger partial charge in [-0.05, 0) is 24.1 Å². The number of benzene rings is 1. The fraction of sp³-hybridized carbons (Fsp3) is 0.333. The summed E-state index contributed by atoms with van der Waals surface area (Å²) >= 11 is 0. The maximum absolute atomic E-state index is 11.2. The molecule has 1 heterocycles. The van der Waals surface area contributed by atoms with Crippen molar-refractivity contribution in [2.75, 3.05) is 19.7 Å². The molecule has 0 saturated carbocycles. The topological polar surface area (TPSA) is 66.8 Å². The molecule has 1 fully saturated rings. The summed E-state index contributed by atoms with van der Waals surface area (Å²) in [5, 5.41) is 8.74. The van der Waals surface area contributed by atoms with Crippen LogP contribution in [0, 0.1) is 0 Å². The van der Waals surface area contributed by atoms with E-state index in [0.29, 0.717) is 26.1 Å². The molecule has 0 spiro atoms. The number of carboxylic acids is 1. The van der Waals surface area contributed by atoms with E-state index in [9.17, 15) is 9.59 Å². The molecule has 1 aliphatic rings. The molecule has 0 radical (unpaired) electrons. The van der Waals surface area contributed by atoms with Gasteiger partial charge in [0.25, 0.3) is 0 Å². The first-order valence-electron chi connectivity index (χ1n) is 5.41.